The van der Waals surface area contributed by atoms with Gasteiger partial charge in [0.15, 0.2) is 5.78 Å². The maximum Gasteiger partial charge on any atom is 0.187 e. The standard InChI is InChI=1S/C20H21NO2/c1-20(2)16-10-5-6-11-17(16)21(3)19(20)13-18(22)14-8-7-9-15(12-14)23-4/h5-13H,1-4H3/b19-13+. The molecule has 0 aliphatic carbocycles. The van der Waals surface area contributed by atoms with Gasteiger partial charge < -0.3 is 9.64 Å². The molecule has 3 heteroatoms. The minimum absolute atomic E-state index is 0.00775. The van der Waals surface area contributed by atoms with Crippen molar-refractivity contribution >= 4 is 11.5 Å². The number of hydrogen-bond acceptors (Lipinski definition) is 3. The zero-order valence-corrected chi connectivity index (χ0v) is 14.0. The van der Waals surface area contributed by atoms with Crippen molar-refractivity contribution in [1.82, 2.24) is 0 Å². The van der Waals surface area contributed by atoms with Gasteiger partial charge in [-0.25, -0.2) is 0 Å². The van der Waals surface area contributed by atoms with E-state index in [0.717, 1.165) is 11.4 Å². The Kier molecular flexibility index (Phi) is 3.72. The second-order valence-electron chi connectivity index (χ2n) is 6.33. The van der Waals surface area contributed by atoms with Gasteiger partial charge in [-0.3, -0.25) is 4.79 Å². The molecule has 23 heavy (non-hydrogen) atoms. The highest BCUT2D eigenvalue weighted by molar-refractivity contribution is 6.06. The smallest absolute Gasteiger partial charge is 0.187 e. The molecule has 118 valence electrons. The van der Waals surface area contributed by atoms with Crippen LogP contribution in [-0.4, -0.2) is 19.9 Å². The lowest BCUT2D eigenvalue weighted by atomic mass is 9.83. The van der Waals surface area contributed by atoms with Crippen LogP contribution in [0.5, 0.6) is 5.75 Å². The monoisotopic (exact) mass is 307 g/mol. The van der Waals surface area contributed by atoms with Gasteiger partial charge >= 0.3 is 0 Å². The van der Waals surface area contributed by atoms with Crippen molar-refractivity contribution in [2.45, 2.75) is 19.3 Å². The van der Waals surface area contributed by atoms with Gasteiger partial charge in [-0.2, -0.15) is 0 Å². The van der Waals surface area contributed by atoms with E-state index < -0.39 is 0 Å². The van der Waals surface area contributed by atoms with Crippen molar-refractivity contribution in [1.29, 1.82) is 0 Å². The largest absolute Gasteiger partial charge is 0.497 e. The van der Waals surface area contributed by atoms with Crippen LogP contribution in [0.15, 0.2) is 60.3 Å². The number of anilines is 1. The highest BCUT2D eigenvalue weighted by Crippen LogP contribution is 2.46. The van der Waals surface area contributed by atoms with Crippen molar-refractivity contribution in [2.75, 3.05) is 19.1 Å². The van der Waals surface area contributed by atoms with Crippen LogP contribution in [0.1, 0.15) is 29.8 Å². The molecule has 0 spiro atoms. The van der Waals surface area contributed by atoms with Gasteiger partial charge in [-0.05, 0) is 23.8 Å². The Morgan fingerprint density at radius 1 is 1.13 bits per heavy atom. The first-order valence-corrected chi connectivity index (χ1v) is 7.69. The normalized spacial score (nSPS) is 17.2. The van der Waals surface area contributed by atoms with Crippen molar-refractivity contribution in [3.8, 4) is 5.75 Å². The quantitative estimate of drug-likeness (QED) is 0.629. The summed E-state index contributed by atoms with van der Waals surface area (Å²) in [5.74, 6) is 0.684. The van der Waals surface area contributed by atoms with Crippen LogP contribution in [0.25, 0.3) is 0 Å². The van der Waals surface area contributed by atoms with Crippen LogP contribution in [0.2, 0.25) is 0 Å². The van der Waals surface area contributed by atoms with Gasteiger partial charge in [0.2, 0.25) is 0 Å². The number of hydrogen-bond donors (Lipinski definition) is 0. The highest BCUT2D eigenvalue weighted by atomic mass is 16.5. The fourth-order valence-corrected chi connectivity index (χ4v) is 3.24. The van der Waals surface area contributed by atoms with Crippen molar-refractivity contribution in [3.05, 3.63) is 71.4 Å². The second-order valence-corrected chi connectivity index (χ2v) is 6.33. The van der Waals surface area contributed by atoms with Crippen LogP contribution in [0, 0.1) is 0 Å². The zero-order chi connectivity index (χ0) is 16.6. The average Bonchev–Trinajstić information content (AvgIpc) is 2.76. The van der Waals surface area contributed by atoms with E-state index in [1.165, 1.54) is 5.56 Å². The van der Waals surface area contributed by atoms with Crippen LogP contribution in [0.3, 0.4) is 0 Å². The third kappa shape index (κ3) is 2.52. The summed E-state index contributed by atoms with van der Waals surface area (Å²) in [4.78, 5) is 14.8. The molecule has 0 unspecified atom stereocenters. The number of para-hydroxylation sites is 1. The molecule has 0 radical (unpaired) electrons. The van der Waals surface area contributed by atoms with Gasteiger partial charge in [0.25, 0.3) is 0 Å². The first-order valence-electron chi connectivity index (χ1n) is 7.69. The number of carbonyl (C=O) groups is 1. The fourth-order valence-electron chi connectivity index (χ4n) is 3.24. The maximum atomic E-state index is 12.7. The zero-order valence-electron chi connectivity index (χ0n) is 14.0. The lowest BCUT2D eigenvalue weighted by molar-refractivity contribution is 0.104. The number of rotatable bonds is 3. The van der Waals surface area contributed by atoms with E-state index >= 15 is 0 Å². The summed E-state index contributed by atoms with van der Waals surface area (Å²) < 4.78 is 5.20. The van der Waals surface area contributed by atoms with E-state index in [2.05, 4.69) is 30.9 Å². The molecule has 0 bridgehead atoms. The van der Waals surface area contributed by atoms with Gasteiger partial charge in [-0.1, -0.05) is 44.2 Å². The Balaban J connectivity index is 2.01. The van der Waals surface area contributed by atoms with Crippen molar-refractivity contribution in [3.63, 3.8) is 0 Å². The molecule has 0 aromatic heterocycles. The molecule has 0 N–H and O–H groups in total. The van der Waals surface area contributed by atoms with Crippen LogP contribution >= 0.6 is 0 Å². The Morgan fingerprint density at radius 3 is 2.57 bits per heavy atom. The van der Waals surface area contributed by atoms with E-state index in [0.29, 0.717) is 11.3 Å². The molecule has 3 nitrogen and oxygen atoms in total. The predicted molar refractivity (Wildman–Crippen MR) is 93.3 cm³/mol. The molecule has 1 heterocycles. The van der Waals surface area contributed by atoms with E-state index in [1.54, 1.807) is 19.3 Å². The highest BCUT2D eigenvalue weighted by Gasteiger charge is 2.38. The number of allylic oxidation sites excluding steroid dienone is 2. The van der Waals surface area contributed by atoms with Crippen molar-refractivity contribution < 1.29 is 9.53 Å². The summed E-state index contributed by atoms with van der Waals surface area (Å²) >= 11 is 0. The third-order valence-electron chi connectivity index (χ3n) is 4.56. The van der Waals surface area contributed by atoms with Crippen LogP contribution in [0.4, 0.5) is 5.69 Å². The first-order chi connectivity index (χ1) is 10.9. The van der Waals surface area contributed by atoms with Gasteiger partial charge in [-0.15, -0.1) is 0 Å². The van der Waals surface area contributed by atoms with E-state index in [-0.39, 0.29) is 11.2 Å². The average molecular weight is 307 g/mol. The Labute approximate surface area is 137 Å². The number of likely N-dealkylation sites (N-methyl/N-ethyl adjacent to an activating group) is 1. The Bertz CT molecular complexity index is 790. The maximum absolute atomic E-state index is 12.7. The molecule has 0 saturated heterocycles. The lowest BCUT2D eigenvalue weighted by Crippen LogP contribution is -2.24. The minimum atomic E-state index is -0.195. The summed E-state index contributed by atoms with van der Waals surface area (Å²) in [6.45, 7) is 4.31. The number of benzene rings is 2. The molecule has 0 amide bonds. The topological polar surface area (TPSA) is 29.5 Å². The second kappa shape index (κ2) is 5.58. The molecule has 0 fully saturated rings. The summed E-state index contributed by atoms with van der Waals surface area (Å²) in [7, 11) is 3.62. The molecule has 1 aliphatic rings. The summed E-state index contributed by atoms with van der Waals surface area (Å²) in [6, 6.07) is 15.6. The number of fused-ring (bicyclic) bond motifs is 1. The summed E-state index contributed by atoms with van der Waals surface area (Å²) in [5.41, 5.74) is 3.85. The summed E-state index contributed by atoms with van der Waals surface area (Å²) in [6.07, 6.45) is 1.74. The molecule has 0 saturated carbocycles. The number of carbonyl (C=O) groups excluding carboxylic acids is 1. The summed E-state index contributed by atoms with van der Waals surface area (Å²) in [5, 5.41) is 0. The minimum Gasteiger partial charge on any atom is -0.497 e. The molecule has 3 rings (SSSR count). The fraction of sp³-hybridized carbons (Fsp3) is 0.250. The SMILES string of the molecule is COc1cccc(C(=O)/C=C2/N(C)c3ccccc3C2(C)C)c1. The molecule has 1 aliphatic heterocycles. The molecular weight excluding hydrogens is 286 g/mol. The number of ketones is 1. The van der Waals surface area contributed by atoms with E-state index in [9.17, 15) is 4.79 Å². The molecule has 0 atom stereocenters. The lowest BCUT2D eigenvalue weighted by Gasteiger charge is -2.24. The number of ether oxygens (including phenoxy) is 1. The third-order valence-corrected chi connectivity index (χ3v) is 4.56. The predicted octanol–water partition coefficient (Wildman–Crippen LogP) is 4.19. The van der Waals surface area contributed by atoms with E-state index in [4.69, 9.17) is 4.74 Å². The van der Waals surface area contributed by atoms with Crippen LogP contribution in [-0.2, 0) is 5.41 Å². The van der Waals surface area contributed by atoms with E-state index in [1.807, 2.05) is 37.4 Å². The number of nitrogens with zero attached hydrogens (tertiary/aromatic N) is 1. The van der Waals surface area contributed by atoms with Crippen molar-refractivity contribution in [2.24, 2.45) is 0 Å². The van der Waals surface area contributed by atoms with Crippen LogP contribution < -0.4 is 9.64 Å². The number of methoxy groups -OCH3 is 1. The Morgan fingerprint density at radius 2 is 1.87 bits per heavy atom. The molecular formula is C20H21NO2. The van der Waals surface area contributed by atoms with Gasteiger partial charge in [0, 0.05) is 35.5 Å². The molecule has 2 aromatic carbocycles. The first kappa shape index (κ1) is 15.3. The Hall–Kier alpha value is -2.55. The molecule has 2 aromatic rings. The van der Waals surface area contributed by atoms with Gasteiger partial charge in [0.05, 0.1) is 7.11 Å². The van der Waals surface area contributed by atoms with Gasteiger partial charge in [0.1, 0.15) is 5.75 Å².